The molecule has 0 radical (unpaired) electrons. The van der Waals surface area contributed by atoms with E-state index in [-0.39, 0.29) is 11.7 Å². The molecule has 0 bridgehead atoms. The van der Waals surface area contributed by atoms with Crippen molar-refractivity contribution < 1.29 is 9.59 Å². The summed E-state index contributed by atoms with van der Waals surface area (Å²) in [7, 11) is 0. The van der Waals surface area contributed by atoms with Crippen LogP contribution in [0.2, 0.25) is 0 Å². The van der Waals surface area contributed by atoms with Crippen molar-refractivity contribution in [3.63, 3.8) is 0 Å². The van der Waals surface area contributed by atoms with Crippen LogP contribution in [-0.4, -0.2) is 65.7 Å². The molecular weight excluding hydrogens is 364 g/mol. The van der Waals surface area contributed by atoms with Gasteiger partial charge in [-0.05, 0) is 44.9 Å². The second-order valence-corrected chi connectivity index (χ2v) is 7.89. The zero-order chi connectivity index (χ0) is 20.8. The monoisotopic (exact) mass is 396 g/mol. The molecule has 3 rings (SSSR count). The maximum atomic E-state index is 12.4. The van der Waals surface area contributed by atoms with Crippen LogP contribution in [0, 0.1) is 13.8 Å². The fourth-order valence-electron chi connectivity index (χ4n) is 4.11. The highest BCUT2D eigenvalue weighted by Gasteiger charge is 2.20. The number of aromatic amines is 1. The molecule has 1 aliphatic heterocycles. The Kier molecular flexibility index (Phi) is 7.23. The first-order valence-corrected chi connectivity index (χ1v) is 10.4. The predicted molar refractivity (Wildman–Crippen MR) is 115 cm³/mol. The van der Waals surface area contributed by atoms with E-state index in [2.05, 4.69) is 50.4 Å². The van der Waals surface area contributed by atoms with Crippen LogP contribution in [0.3, 0.4) is 0 Å². The summed E-state index contributed by atoms with van der Waals surface area (Å²) < 4.78 is 0. The Balaban J connectivity index is 1.37. The molecule has 1 fully saturated rings. The van der Waals surface area contributed by atoms with Gasteiger partial charge in [0.25, 0.3) is 5.91 Å². The number of aryl methyl sites for hydroxylation is 1. The number of carbonyl (C=O) groups is 2. The third kappa shape index (κ3) is 5.55. The van der Waals surface area contributed by atoms with Gasteiger partial charge >= 0.3 is 0 Å². The van der Waals surface area contributed by atoms with Crippen LogP contribution in [0.1, 0.15) is 51.0 Å². The van der Waals surface area contributed by atoms with Gasteiger partial charge < -0.3 is 15.2 Å². The fourth-order valence-corrected chi connectivity index (χ4v) is 4.11. The second kappa shape index (κ2) is 9.85. The predicted octanol–water partition coefficient (Wildman–Crippen LogP) is 2.77. The van der Waals surface area contributed by atoms with Gasteiger partial charge in [0.1, 0.15) is 5.69 Å². The SMILES string of the molecule is CC(=O)c1c(C)[nH]c(C(=O)NCCCN2CCN(Cc3ccccc3)CC2)c1C. The molecule has 1 aliphatic rings. The largest absolute Gasteiger partial charge is 0.354 e. The average Bonchev–Trinajstić information content (AvgIpc) is 3.01. The van der Waals surface area contributed by atoms with Gasteiger partial charge in [-0.15, -0.1) is 0 Å². The summed E-state index contributed by atoms with van der Waals surface area (Å²) in [6.45, 7) is 12.1. The number of Topliss-reactive ketones (excluding diaryl/α,β-unsaturated/α-hetero) is 1. The van der Waals surface area contributed by atoms with Gasteiger partial charge in [-0.3, -0.25) is 14.5 Å². The standard InChI is InChI=1S/C23H32N4O2/c1-17-21(19(3)28)18(2)25-22(17)23(29)24-10-7-11-26-12-14-27(15-13-26)16-20-8-5-4-6-9-20/h4-6,8-9,25H,7,10-16H2,1-3H3,(H,24,29). The molecule has 1 aromatic carbocycles. The lowest BCUT2D eigenvalue weighted by Gasteiger charge is -2.34. The van der Waals surface area contributed by atoms with E-state index in [4.69, 9.17) is 0 Å². The van der Waals surface area contributed by atoms with Gasteiger partial charge in [0, 0.05) is 50.5 Å². The van der Waals surface area contributed by atoms with Gasteiger partial charge in [-0.1, -0.05) is 30.3 Å². The van der Waals surface area contributed by atoms with E-state index >= 15 is 0 Å². The van der Waals surface area contributed by atoms with Crippen LogP contribution in [-0.2, 0) is 6.54 Å². The van der Waals surface area contributed by atoms with Gasteiger partial charge in [0.2, 0.25) is 0 Å². The fraction of sp³-hybridized carbons (Fsp3) is 0.478. The quantitative estimate of drug-likeness (QED) is 0.532. The molecule has 1 amide bonds. The van der Waals surface area contributed by atoms with Crippen LogP contribution in [0.25, 0.3) is 0 Å². The number of hydrogen-bond acceptors (Lipinski definition) is 4. The Morgan fingerprint density at radius 1 is 1.03 bits per heavy atom. The summed E-state index contributed by atoms with van der Waals surface area (Å²) in [5, 5.41) is 2.98. The molecule has 6 heteroatoms. The highest BCUT2D eigenvalue weighted by atomic mass is 16.2. The van der Waals surface area contributed by atoms with Crippen molar-refractivity contribution in [1.82, 2.24) is 20.1 Å². The number of nitrogens with one attached hydrogen (secondary N) is 2. The number of hydrogen-bond donors (Lipinski definition) is 2. The maximum absolute atomic E-state index is 12.4. The van der Waals surface area contributed by atoms with E-state index in [0.717, 1.165) is 56.9 Å². The summed E-state index contributed by atoms with van der Waals surface area (Å²) >= 11 is 0. The molecule has 0 saturated carbocycles. The van der Waals surface area contributed by atoms with Crippen molar-refractivity contribution in [1.29, 1.82) is 0 Å². The van der Waals surface area contributed by atoms with Crippen molar-refractivity contribution >= 4 is 11.7 Å². The lowest BCUT2D eigenvalue weighted by molar-refractivity contribution is 0.0942. The first kappa shape index (κ1) is 21.3. The number of piperazine rings is 1. The number of benzene rings is 1. The van der Waals surface area contributed by atoms with Crippen molar-refractivity contribution in [2.45, 2.75) is 33.7 Å². The lowest BCUT2D eigenvalue weighted by atomic mass is 10.1. The first-order valence-electron chi connectivity index (χ1n) is 10.4. The third-order valence-corrected chi connectivity index (χ3v) is 5.67. The molecule has 0 aliphatic carbocycles. The first-order chi connectivity index (χ1) is 14.0. The van der Waals surface area contributed by atoms with E-state index in [1.807, 2.05) is 13.8 Å². The number of carbonyl (C=O) groups excluding carboxylic acids is 2. The van der Waals surface area contributed by atoms with E-state index in [0.29, 0.717) is 17.8 Å². The summed E-state index contributed by atoms with van der Waals surface area (Å²) in [6, 6.07) is 10.6. The molecule has 29 heavy (non-hydrogen) atoms. The topological polar surface area (TPSA) is 68.4 Å². The molecule has 1 saturated heterocycles. The molecule has 0 spiro atoms. The summed E-state index contributed by atoms with van der Waals surface area (Å²) in [4.78, 5) is 32.2. The molecule has 156 valence electrons. The van der Waals surface area contributed by atoms with Gasteiger partial charge in [0.15, 0.2) is 5.78 Å². The highest BCUT2D eigenvalue weighted by Crippen LogP contribution is 2.18. The molecule has 1 aromatic heterocycles. The Labute approximate surface area is 173 Å². The third-order valence-electron chi connectivity index (χ3n) is 5.67. The number of ketones is 1. The number of amides is 1. The Bertz CT molecular complexity index is 836. The smallest absolute Gasteiger partial charge is 0.268 e. The van der Waals surface area contributed by atoms with Crippen molar-refractivity contribution in [3.05, 3.63) is 58.4 Å². The van der Waals surface area contributed by atoms with Gasteiger partial charge in [0.05, 0.1) is 0 Å². The minimum Gasteiger partial charge on any atom is -0.354 e. The summed E-state index contributed by atoms with van der Waals surface area (Å²) in [6.07, 6.45) is 0.919. The Hall–Kier alpha value is -2.44. The molecule has 0 unspecified atom stereocenters. The Morgan fingerprint density at radius 3 is 2.31 bits per heavy atom. The molecular formula is C23H32N4O2. The summed E-state index contributed by atoms with van der Waals surface area (Å²) in [5.74, 6) is -0.146. The van der Waals surface area contributed by atoms with Crippen LogP contribution >= 0.6 is 0 Å². The van der Waals surface area contributed by atoms with Gasteiger partial charge in [-0.25, -0.2) is 0 Å². The highest BCUT2D eigenvalue weighted by molar-refractivity contribution is 6.02. The van der Waals surface area contributed by atoms with E-state index in [1.165, 1.54) is 12.5 Å². The van der Waals surface area contributed by atoms with Crippen LogP contribution < -0.4 is 5.32 Å². The molecule has 0 atom stereocenters. The molecule has 2 aromatic rings. The minimum atomic E-state index is -0.134. The molecule has 2 N–H and O–H groups in total. The number of H-pyrrole nitrogens is 1. The van der Waals surface area contributed by atoms with Crippen LogP contribution in [0.15, 0.2) is 30.3 Å². The van der Waals surface area contributed by atoms with Crippen molar-refractivity contribution in [2.75, 3.05) is 39.3 Å². The number of aromatic nitrogens is 1. The van der Waals surface area contributed by atoms with E-state index in [1.54, 1.807) is 0 Å². The lowest BCUT2D eigenvalue weighted by Crippen LogP contribution is -2.46. The zero-order valence-electron chi connectivity index (χ0n) is 17.8. The van der Waals surface area contributed by atoms with Gasteiger partial charge in [-0.2, -0.15) is 0 Å². The average molecular weight is 397 g/mol. The van der Waals surface area contributed by atoms with Crippen LogP contribution in [0.5, 0.6) is 0 Å². The Morgan fingerprint density at radius 2 is 1.69 bits per heavy atom. The normalized spacial score (nSPS) is 15.4. The molecule has 2 heterocycles. The number of nitrogens with zero attached hydrogens (tertiary/aromatic N) is 2. The maximum Gasteiger partial charge on any atom is 0.268 e. The van der Waals surface area contributed by atoms with Crippen molar-refractivity contribution in [2.24, 2.45) is 0 Å². The van der Waals surface area contributed by atoms with E-state index < -0.39 is 0 Å². The zero-order valence-corrected chi connectivity index (χ0v) is 17.8. The summed E-state index contributed by atoms with van der Waals surface area (Å²) in [5.41, 5.74) is 3.99. The van der Waals surface area contributed by atoms with Crippen molar-refractivity contribution in [3.8, 4) is 0 Å². The number of rotatable bonds is 8. The van der Waals surface area contributed by atoms with E-state index in [9.17, 15) is 9.59 Å². The minimum absolute atomic E-state index is 0.0123. The van der Waals surface area contributed by atoms with Crippen LogP contribution in [0.4, 0.5) is 0 Å². The molecule has 6 nitrogen and oxygen atoms in total. The second-order valence-electron chi connectivity index (χ2n) is 7.89.